The van der Waals surface area contributed by atoms with Crippen molar-refractivity contribution >= 4 is 23.2 Å². The van der Waals surface area contributed by atoms with Crippen molar-refractivity contribution in [2.45, 2.75) is 6.42 Å². The number of rotatable bonds is 4. The van der Waals surface area contributed by atoms with E-state index in [1.54, 1.807) is 61.7 Å². The molecule has 1 N–H and O–H groups in total. The highest BCUT2D eigenvalue weighted by molar-refractivity contribution is 6.28. The molecule has 1 aliphatic carbocycles. The van der Waals surface area contributed by atoms with E-state index in [2.05, 4.69) is 5.32 Å². The first-order valence-corrected chi connectivity index (χ1v) is 8.82. The highest BCUT2D eigenvalue weighted by atomic mass is 16.5. The highest BCUT2D eigenvalue weighted by Crippen LogP contribution is 2.29. The number of nitrogens with one attached hydrogen (secondary N) is 1. The second-order valence-electron chi connectivity index (χ2n) is 6.54. The monoisotopic (exact) mass is 371 g/mol. The smallest absolute Gasteiger partial charge is 0.228 e. The Labute approximate surface area is 162 Å². The topological polar surface area (TPSA) is 72.5 Å². The van der Waals surface area contributed by atoms with Crippen molar-refractivity contribution in [1.82, 2.24) is 0 Å². The summed E-state index contributed by atoms with van der Waals surface area (Å²) < 4.78 is 5.11. The van der Waals surface area contributed by atoms with Crippen molar-refractivity contribution < 1.29 is 19.1 Å². The lowest BCUT2D eigenvalue weighted by molar-refractivity contribution is -0.115. The Morgan fingerprint density at radius 3 is 2.07 bits per heavy atom. The van der Waals surface area contributed by atoms with Crippen LogP contribution in [0.1, 0.15) is 37.4 Å². The van der Waals surface area contributed by atoms with E-state index in [0.717, 1.165) is 11.3 Å². The summed E-state index contributed by atoms with van der Waals surface area (Å²) in [5, 5.41) is 2.79. The normalized spacial score (nSPS) is 12.2. The molecule has 0 radical (unpaired) electrons. The molecule has 28 heavy (non-hydrogen) atoms. The van der Waals surface area contributed by atoms with Crippen molar-refractivity contribution in [2.24, 2.45) is 0 Å². The van der Waals surface area contributed by atoms with Gasteiger partial charge < -0.3 is 10.1 Å². The van der Waals surface area contributed by atoms with Gasteiger partial charge in [-0.3, -0.25) is 14.4 Å². The minimum Gasteiger partial charge on any atom is -0.497 e. The van der Waals surface area contributed by atoms with Crippen LogP contribution in [0.4, 0.5) is 5.69 Å². The van der Waals surface area contributed by atoms with Gasteiger partial charge in [0.2, 0.25) is 5.91 Å². The Morgan fingerprint density at radius 2 is 1.43 bits per heavy atom. The third-order valence-electron chi connectivity index (χ3n) is 4.73. The van der Waals surface area contributed by atoms with E-state index in [0.29, 0.717) is 27.9 Å². The third-order valence-corrected chi connectivity index (χ3v) is 4.73. The zero-order chi connectivity index (χ0) is 19.7. The van der Waals surface area contributed by atoms with Crippen molar-refractivity contribution in [3.8, 4) is 5.75 Å². The molecule has 0 aliphatic heterocycles. The summed E-state index contributed by atoms with van der Waals surface area (Å²) >= 11 is 0. The number of ketones is 2. The van der Waals surface area contributed by atoms with E-state index in [1.807, 2.05) is 12.1 Å². The van der Waals surface area contributed by atoms with E-state index in [-0.39, 0.29) is 23.9 Å². The lowest BCUT2D eigenvalue weighted by Gasteiger charge is -2.18. The van der Waals surface area contributed by atoms with Gasteiger partial charge in [-0.2, -0.15) is 0 Å². The third kappa shape index (κ3) is 3.18. The van der Waals surface area contributed by atoms with Crippen molar-refractivity contribution in [2.75, 3.05) is 12.4 Å². The molecule has 0 spiro atoms. The summed E-state index contributed by atoms with van der Waals surface area (Å²) in [6.07, 6.45) is 0.191. The maximum Gasteiger partial charge on any atom is 0.228 e. The molecule has 5 heteroatoms. The van der Waals surface area contributed by atoms with Crippen LogP contribution in [0.5, 0.6) is 5.75 Å². The number of methoxy groups -OCH3 is 1. The van der Waals surface area contributed by atoms with Gasteiger partial charge in [0.15, 0.2) is 11.6 Å². The van der Waals surface area contributed by atoms with E-state index < -0.39 is 0 Å². The quantitative estimate of drug-likeness (QED) is 0.594. The van der Waals surface area contributed by atoms with Gasteiger partial charge in [0.25, 0.3) is 0 Å². The van der Waals surface area contributed by atoms with Crippen molar-refractivity contribution in [3.63, 3.8) is 0 Å². The Bertz CT molecular complexity index is 1100. The Morgan fingerprint density at radius 1 is 0.821 bits per heavy atom. The molecule has 0 fully saturated rings. The van der Waals surface area contributed by atoms with Gasteiger partial charge in [0.1, 0.15) is 5.75 Å². The number of benzene rings is 3. The molecule has 138 valence electrons. The first-order chi connectivity index (χ1) is 13.6. The van der Waals surface area contributed by atoms with Crippen molar-refractivity contribution in [1.29, 1.82) is 0 Å². The second-order valence-corrected chi connectivity index (χ2v) is 6.54. The zero-order valence-corrected chi connectivity index (χ0v) is 15.2. The fourth-order valence-corrected chi connectivity index (χ4v) is 3.31. The van der Waals surface area contributed by atoms with Crippen LogP contribution in [0.15, 0.2) is 66.7 Å². The fourth-order valence-electron chi connectivity index (χ4n) is 3.31. The van der Waals surface area contributed by atoms with Crippen LogP contribution in [0.3, 0.4) is 0 Å². The van der Waals surface area contributed by atoms with Crippen LogP contribution < -0.4 is 10.1 Å². The van der Waals surface area contributed by atoms with E-state index >= 15 is 0 Å². The molecule has 1 amide bonds. The average molecular weight is 371 g/mol. The predicted molar refractivity (Wildman–Crippen MR) is 105 cm³/mol. The van der Waals surface area contributed by atoms with Crippen LogP contribution in [0, 0.1) is 0 Å². The van der Waals surface area contributed by atoms with Gasteiger partial charge in [-0.1, -0.05) is 36.4 Å². The van der Waals surface area contributed by atoms with Crippen LogP contribution >= 0.6 is 0 Å². The number of amides is 1. The molecule has 5 nitrogen and oxygen atoms in total. The molecule has 0 saturated carbocycles. The lowest BCUT2D eigenvalue weighted by Crippen LogP contribution is -2.21. The molecule has 0 unspecified atom stereocenters. The molecular formula is C23H17NO4. The van der Waals surface area contributed by atoms with Gasteiger partial charge in [-0.15, -0.1) is 0 Å². The first kappa shape index (κ1) is 17.7. The number of fused-ring (bicyclic) bond motifs is 2. The summed E-state index contributed by atoms with van der Waals surface area (Å²) in [6.45, 7) is 0. The molecule has 3 aromatic carbocycles. The number of carbonyl (C=O) groups is 3. The Hall–Kier alpha value is -3.73. The van der Waals surface area contributed by atoms with Crippen molar-refractivity contribution in [3.05, 3.63) is 94.5 Å². The second kappa shape index (κ2) is 7.12. The largest absolute Gasteiger partial charge is 0.497 e. The molecule has 0 aromatic heterocycles. The summed E-state index contributed by atoms with van der Waals surface area (Å²) in [6, 6.07) is 18.8. The predicted octanol–water partition coefficient (Wildman–Crippen LogP) is 3.65. The first-order valence-electron chi connectivity index (χ1n) is 8.82. The maximum absolute atomic E-state index is 12.8. The molecule has 0 heterocycles. The zero-order valence-electron chi connectivity index (χ0n) is 15.2. The molecule has 3 aromatic rings. The van der Waals surface area contributed by atoms with Crippen LogP contribution in [0.2, 0.25) is 0 Å². The average Bonchev–Trinajstić information content (AvgIpc) is 2.72. The Balaban J connectivity index is 1.55. The minimum atomic E-state index is -0.212. The van der Waals surface area contributed by atoms with E-state index in [1.165, 1.54) is 0 Å². The van der Waals surface area contributed by atoms with Gasteiger partial charge >= 0.3 is 0 Å². The summed E-state index contributed by atoms with van der Waals surface area (Å²) in [5.74, 6) is 0.125. The molecule has 4 rings (SSSR count). The highest BCUT2D eigenvalue weighted by Gasteiger charge is 2.29. The molecule has 0 atom stereocenters. The number of hydrogen-bond donors (Lipinski definition) is 1. The molecular weight excluding hydrogens is 354 g/mol. The molecule has 0 bridgehead atoms. The van der Waals surface area contributed by atoms with Gasteiger partial charge in [0, 0.05) is 27.9 Å². The number of anilines is 1. The summed E-state index contributed by atoms with van der Waals surface area (Å²) in [5.41, 5.74) is 2.80. The van der Waals surface area contributed by atoms with Crippen LogP contribution in [-0.2, 0) is 11.2 Å². The van der Waals surface area contributed by atoms with E-state index in [4.69, 9.17) is 4.74 Å². The number of carbonyl (C=O) groups excluding carboxylic acids is 3. The maximum atomic E-state index is 12.8. The SMILES string of the molecule is COc1ccc(CC(=O)Nc2ccc3c(c2)C(=O)c2ccccc2C3=O)cc1. The van der Waals surface area contributed by atoms with Gasteiger partial charge in [-0.05, 0) is 35.9 Å². The summed E-state index contributed by atoms with van der Waals surface area (Å²) in [7, 11) is 1.59. The standard InChI is InChI=1S/C23H17NO4/c1-28-16-9-6-14(7-10-16)12-21(25)24-15-8-11-19-20(13-15)23(27)18-5-3-2-4-17(18)22(19)26/h2-11,13H,12H2,1H3,(H,24,25). The number of hydrogen-bond acceptors (Lipinski definition) is 4. The van der Waals surface area contributed by atoms with Crippen LogP contribution in [-0.4, -0.2) is 24.6 Å². The van der Waals surface area contributed by atoms with E-state index in [9.17, 15) is 14.4 Å². The van der Waals surface area contributed by atoms with Gasteiger partial charge in [-0.25, -0.2) is 0 Å². The molecule has 1 aliphatic rings. The minimum absolute atomic E-state index is 0.179. The fraction of sp³-hybridized carbons (Fsp3) is 0.0870. The Kier molecular flexibility index (Phi) is 4.49. The van der Waals surface area contributed by atoms with Gasteiger partial charge in [0.05, 0.1) is 13.5 Å². The van der Waals surface area contributed by atoms with Crippen LogP contribution in [0.25, 0.3) is 0 Å². The lowest BCUT2D eigenvalue weighted by atomic mass is 9.84. The molecule has 0 saturated heterocycles. The summed E-state index contributed by atoms with van der Waals surface area (Å²) in [4.78, 5) is 37.8. The number of ether oxygens (including phenoxy) is 1.